The molecule has 0 spiro atoms. The third-order valence-electron chi connectivity index (χ3n) is 6.01. The molecule has 2 aliphatic rings. The second kappa shape index (κ2) is 8.22. The van der Waals surface area contributed by atoms with Crippen molar-refractivity contribution in [3.8, 4) is 0 Å². The van der Waals surface area contributed by atoms with Crippen LogP contribution < -0.4 is 4.90 Å². The van der Waals surface area contributed by atoms with E-state index in [9.17, 15) is 14.7 Å². The van der Waals surface area contributed by atoms with Crippen molar-refractivity contribution in [2.75, 3.05) is 51.2 Å². The van der Waals surface area contributed by atoms with Crippen LogP contribution in [-0.2, 0) is 4.79 Å². The second-order valence-corrected chi connectivity index (χ2v) is 9.39. The first-order valence-electron chi connectivity index (χ1n) is 10.4. The maximum atomic E-state index is 13.0. The van der Waals surface area contributed by atoms with Crippen molar-refractivity contribution in [2.45, 2.75) is 39.8 Å². The molecule has 160 valence electrons. The number of hydrogen-bond donors (Lipinski definition) is 1. The van der Waals surface area contributed by atoms with E-state index in [1.165, 1.54) is 4.90 Å². The Kier molecular flexibility index (Phi) is 6.08. The van der Waals surface area contributed by atoms with E-state index in [0.717, 1.165) is 37.4 Å². The minimum Gasteiger partial charge on any atom is -0.465 e. The molecule has 0 aliphatic carbocycles. The van der Waals surface area contributed by atoms with Crippen molar-refractivity contribution in [3.05, 3.63) is 29.8 Å². The van der Waals surface area contributed by atoms with Crippen LogP contribution in [0.4, 0.5) is 10.5 Å². The first-order valence-corrected chi connectivity index (χ1v) is 10.4. The van der Waals surface area contributed by atoms with E-state index in [0.29, 0.717) is 13.1 Å². The molecular weight excluding hydrogens is 368 g/mol. The Morgan fingerprint density at radius 3 is 2.28 bits per heavy atom. The number of amides is 2. The molecular formula is C22H34N4O3. The molecule has 2 saturated heterocycles. The van der Waals surface area contributed by atoms with E-state index in [-0.39, 0.29) is 18.0 Å². The molecule has 7 nitrogen and oxygen atoms in total. The lowest BCUT2D eigenvalue weighted by Crippen LogP contribution is -2.58. The Hall–Kier alpha value is -2.28. The number of carbonyl (C=O) groups excluding carboxylic acids is 1. The summed E-state index contributed by atoms with van der Waals surface area (Å²) in [5.74, 6) is 0.0651. The van der Waals surface area contributed by atoms with Gasteiger partial charge in [-0.05, 0) is 31.7 Å². The molecule has 0 radical (unpaired) electrons. The summed E-state index contributed by atoms with van der Waals surface area (Å²) in [5.41, 5.74) is 1.57. The van der Waals surface area contributed by atoms with Crippen molar-refractivity contribution < 1.29 is 14.7 Å². The average Bonchev–Trinajstić information content (AvgIpc) is 2.67. The Morgan fingerprint density at radius 2 is 1.69 bits per heavy atom. The Balaban J connectivity index is 1.88. The van der Waals surface area contributed by atoms with Gasteiger partial charge in [-0.25, -0.2) is 4.79 Å². The highest BCUT2D eigenvalue weighted by atomic mass is 16.4. The molecule has 0 bridgehead atoms. The molecule has 2 amide bonds. The van der Waals surface area contributed by atoms with Crippen LogP contribution in [-0.4, -0.2) is 84.2 Å². The fraction of sp³-hybridized carbons (Fsp3) is 0.636. The van der Waals surface area contributed by atoms with E-state index < -0.39 is 11.5 Å². The van der Waals surface area contributed by atoms with E-state index >= 15 is 0 Å². The maximum absolute atomic E-state index is 13.0. The number of hydrogen-bond acceptors (Lipinski definition) is 4. The Labute approximate surface area is 173 Å². The summed E-state index contributed by atoms with van der Waals surface area (Å²) in [6.07, 6.45) is -0.935. The van der Waals surface area contributed by atoms with Crippen molar-refractivity contribution in [1.82, 2.24) is 14.7 Å². The number of anilines is 1. The van der Waals surface area contributed by atoms with Crippen LogP contribution in [0.3, 0.4) is 0 Å². The molecule has 29 heavy (non-hydrogen) atoms. The smallest absolute Gasteiger partial charge is 0.407 e. The minimum absolute atomic E-state index is 0.0651. The summed E-state index contributed by atoms with van der Waals surface area (Å²) < 4.78 is 0. The van der Waals surface area contributed by atoms with Gasteiger partial charge in [-0.3, -0.25) is 9.69 Å². The Bertz CT molecular complexity index is 753. The minimum atomic E-state index is -0.935. The van der Waals surface area contributed by atoms with E-state index in [1.807, 2.05) is 44.7 Å². The van der Waals surface area contributed by atoms with Gasteiger partial charge in [0.05, 0.1) is 6.04 Å². The van der Waals surface area contributed by atoms with Crippen LogP contribution in [0, 0.1) is 5.41 Å². The summed E-state index contributed by atoms with van der Waals surface area (Å²) >= 11 is 0. The van der Waals surface area contributed by atoms with E-state index in [1.54, 1.807) is 0 Å². The molecule has 1 aromatic carbocycles. The predicted octanol–water partition coefficient (Wildman–Crippen LogP) is 2.74. The zero-order valence-corrected chi connectivity index (χ0v) is 18.3. The normalized spacial score (nSPS) is 24.0. The van der Waals surface area contributed by atoms with Gasteiger partial charge < -0.3 is 19.8 Å². The lowest BCUT2D eigenvalue weighted by Gasteiger charge is -2.46. The highest BCUT2D eigenvalue weighted by Crippen LogP contribution is 2.33. The Morgan fingerprint density at radius 1 is 1.03 bits per heavy atom. The van der Waals surface area contributed by atoms with Crippen LogP contribution in [0.5, 0.6) is 0 Å². The molecule has 7 heteroatoms. The number of benzene rings is 1. The zero-order chi connectivity index (χ0) is 21.3. The van der Waals surface area contributed by atoms with Gasteiger partial charge >= 0.3 is 6.09 Å². The summed E-state index contributed by atoms with van der Waals surface area (Å²) in [4.78, 5) is 33.0. The maximum Gasteiger partial charge on any atom is 0.407 e. The average molecular weight is 403 g/mol. The number of rotatable bonds is 2. The van der Waals surface area contributed by atoms with Crippen molar-refractivity contribution >= 4 is 17.7 Å². The predicted molar refractivity (Wildman–Crippen MR) is 114 cm³/mol. The quantitative estimate of drug-likeness (QED) is 0.824. The lowest BCUT2D eigenvalue weighted by atomic mass is 9.91. The largest absolute Gasteiger partial charge is 0.465 e. The van der Waals surface area contributed by atoms with Gasteiger partial charge in [-0.15, -0.1) is 0 Å². The third-order valence-corrected chi connectivity index (χ3v) is 6.01. The van der Waals surface area contributed by atoms with Gasteiger partial charge in [-0.2, -0.15) is 0 Å². The van der Waals surface area contributed by atoms with Crippen LogP contribution in [0.15, 0.2) is 24.3 Å². The number of nitrogens with zero attached hydrogens (tertiary/aromatic N) is 4. The van der Waals surface area contributed by atoms with Crippen molar-refractivity contribution in [2.24, 2.45) is 5.41 Å². The van der Waals surface area contributed by atoms with Crippen molar-refractivity contribution in [1.29, 1.82) is 0 Å². The van der Waals surface area contributed by atoms with E-state index in [2.05, 4.69) is 29.0 Å². The molecule has 0 unspecified atom stereocenters. The van der Waals surface area contributed by atoms with Gasteiger partial charge in [0.25, 0.3) is 0 Å². The molecule has 2 fully saturated rings. The fourth-order valence-electron chi connectivity index (χ4n) is 4.18. The standard InChI is InChI=1S/C22H34N4O3/c1-16-14-26(21(28)29)19(15-25(16)20(27)22(2,3)4)17-7-6-8-18(13-17)24-11-9-23(5)10-12-24/h6-8,13,16,19H,9-12,14-15H2,1-5H3,(H,28,29)/t16-,19-/m1/s1. The van der Waals surface area contributed by atoms with Gasteiger partial charge in [0.1, 0.15) is 0 Å². The number of carbonyl (C=O) groups is 2. The van der Waals surface area contributed by atoms with E-state index in [4.69, 9.17) is 0 Å². The third kappa shape index (κ3) is 4.66. The summed E-state index contributed by atoms with van der Waals surface area (Å²) in [7, 11) is 2.13. The van der Waals surface area contributed by atoms with Crippen LogP contribution in [0.2, 0.25) is 0 Å². The molecule has 2 heterocycles. The number of likely N-dealkylation sites (N-methyl/N-ethyl adjacent to an activating group) is 1. The SMILES string of the molecule is C[C@@H]1CN(C(=O)O)[C@@H](c2cccc(N3CCN(C)CC3)c2)CN1C(=O)C(C)(C)C. The molecule has 1 aromatic rings. The van der Waals surface area contributed by atoms with Crippen LogP contribution in [0.25, 0.3) is 0 Å². The first kappa shape index (κ1) is 21.4. The lowest BCUT2D eigenvalue weighted by molar-refractivity contribution is -0.145. The summed E-state index contributed by atoms with van der Waals surface area (Å²) in [6, 6.07) is 7.66. The highest BCUT2D eigenvalue weighted by molar-refractivity contribution is 5.82. The second-order valence-electron chi connectivity index (χ2n) is 9.39. The van der Waals surface area contributed by atoms with Gasteiger partial charge in [-0.1, -0.05) is 32.9 Å². The van der Waals surface area contributed by atoms with Crippen molar-refractivity contribution in [3.63, 3.8) is 0 Å². The summed E-state index contributed by atoms with van der Waals surface area (Å²) in [6.45, 7) is 12.3. The van der Waals surface area contributed by atoms with Crippen LogP contribution >= 0.6 is 0 Å². The summed E-state index contributed by atoms with van der Waals surface area (Å²) in [5, 5.41) is 9.83. The first-order chi connectivity index (χ1) is 13.6. The van der Waals surface area contributed by atoms with Gasteiger partial charge in [0, 0.05) is 56.4 Å². The molecule has 0 saturated carbocycles. The molecule has 3 rings (SSSR count). The van der Waals surface area contributed by atoms with Gasteiger partial charge in [0.15, 0.2) is 0 Å². The number of carboxylic acid groups (broad SMARTS) is 1. The monoisotopic (exact) mass is 402 g/mol. The molecule has 2 atom stereocenters. The molecule has 2 aliphatic heterocycles. The number of piperazine rings is 2. The van der Waals surface area contributed by atoms with Gasteiger partial charge in [0.2, 0.25) is 5.91 Å². The molecule has 1 N–H and O–H groups in total. The van der Waals surface area contributed by atoms with Crippen LogP contribution in [0.1, 0.15) is 39.3 Å². The topological polar surface area (TPSA) is 67.3 Å². The highest BCUT2D eigenvalue weighted by Gasteiger charge is 2.40. The fourth-order valence-corrected chi connectivity index (χ4v) is 4.18. The molecule has 0 aromatic heterocycles. The zero-order valence-electron chi connectivity index (χ0n) is 18.3.